The van der Waals surface area contributed by atoms with Gasteiger partial charge < -0.3 is 4.90 Å². The predicted octanol–water partition coefficient (Wildman–Crippen LogP) is 7.48. The van der Waals surface area contributed by atoms with Crippen LogP contribution in [0.1, 0.15) is 5.56 Å². The van der Waals surface area contributed by atoms with Gasteiger partial charge in [-0.3, -0.25) is 9.69 Å². The Morgan fingerprint density at radius 3 is 2.41 bits per heavy atom. The summed E-state index contributed by atoms with van der Waals surface area (Å²) in [6.45, 7) is 2.01. The van der Waals surface area contributed by atoms with Gasteiger partial charge in [0.25, 0.3) is 5.91 Å². The summed E-state index contributed by atoms with van der Waals surface area (Å²) >= 11 is 15.2. The number of fused-ring (bicyclic) bond motifs is 1. The van der Waals surface area contributed by atoms with Crippen LogP contribution in [-0.4, -0.2) is 18.1 Å². The second-order valence-corrected chi connectivity index (χ2v) is 10.2. The van der Waals surface area contributed by atoms with E-state index in [-0.39, 0.29) is 5.91 Å². The molecular weight excluding hydrogens is 481 g/mol. The summed E-state index contributed by atoms with van der Waals surface area (Å²) in [6.07, 6.45) is 0. The minimum Gasteiger partial charge on any atom is -0.337 e. The molecule has 1 fully saturated rings. The van der Waals surface area contributed by atoms with Crippen LogP contribution in [0, 0.1) is 6.92 Å². The molecule has 0 unspecified atom stereocenters. The number of thioether (sulfide) groups is 2. The minimum absolute atomic E-state index is 0.0958. The number of anilines is 2. The summed E-state index contributed by atoms with van der Waals surface area (Å²) in [4.78, 5) is 23.9. The fraction of sp³-hybridized carbons (Fsp3) is 0.0833. The second kappa shape index (κ2) is 8.52. The zero-order chi connectivity index (χ0) is 22.4. The topological polar surface area (TPSA) is 35.9 Å². The molecule has 0 aliphatic carbocycles. The van der Waals surface area contributed by atoms with Gasteiger partial charge in [-0.1, -0.05) is 47.1 Å². The molecule has 0 atom stereocenters. The van der Waals surface area contributed by atoms with Crippen LogP contribution < -0.4 is 9.80 Å². The number of carbonyl (C=O) groups is 1. The van der Waals surface area contributed by atoms with E-state index >= 15 is 0 Å². The average molecular weight is 498 g/mol. The van der Waals surface area contributed by atoms with Gasteiger partial charge in [-0.15, -0.1) is 0 Å². The number of amides is 1. The molecule has 1 amide bonds. The SMILES string of the molecule is Cc1cccc(N2C(=O)/C(=C3/Sc4ccc(Cl)cc4N3C)SC2=Nc2ccc(Cl)cc2)c1. The van der Waals surface area contributed by atoms with Crippen LogP contribution in [0.3, 0.4) is 0 Å². The Bertz CT molecular complexity index is 1300. The highest BCUT2D eigenvalue weighted by molar-refractivity contribution is 8.20. The standard InChI is InChI=1S/C24H17Cl2N3OS2/c1-14-4-3-5-18(12-14)29-22(30)21(32-24(29)27-17-9-6-15(25)7-10-17)23-28(2)19-13-16(26)8-11-20(19)31-23/h3-13H,1-2H3/b23-21-,27-24?. The van der Waals surface area contributed by atoms with Crippen molar-refractivity contribution in [3.63, 3.8) is 0 Å². The normalized spacial score (nSPS) is 19.2. The van der Waals surface area contributed by atoms with Crippen LogP contribution in [0.2, 0.25) is 10.0 Å². The molecule has 1 saturated heterocycles. The van der Waals surface area contributed by atoms with Gasteiger partial charge >= 0.3 is 0 Å². The number of rotatable bonds is 2. The van der Waals surface area contributed by atoms with Crippen molar-refractivity contribution >= 4 is 74.9 Å². The lowest BCUT2D eigenvalue weighted by atomic mass is 10.2. The maximum Gasteiger partial charge on any atom is 0.274 e. The van der Waals surface area contributed by atoms with E-state index in [1.165, 1.54) is 11.8 Å². The number of aryl methyl sites for hydroxylation is 1. The first-order chi connectivity index (χ1) is 15.4. The second-order valence-electron chi connectivity index (χ2n) is 7.36. The highest BCUT2D eigenvalue weighted by Gasteiger charge is 2.40. The highest BCUT2D eigenvalue weighted by atomic mass is 35.5. The van der Waals surface area contributed by atoms with E-state index in [9.17, 15) is 4.79 Å². The number of benzene rings is 3. The van der Waals surface area contributed by atoms with E-state index in [4.69, 9.17) is 28.2 Å². The number of aliphatic imine (C=N–C) groups is 1. The Balaban J connectivity index is 1.61. The predicted molar refractivity (Wildman–Crippen MR) is 138 cm³/mol. The fourth-order valence-electron chi connectivity index (χ4n) is 3.52. The lowest BCUT2D eigenvalue weighted by Crippen LogP contribution is -2.29. The molecule has 4 nitrogen and oxygen atoms in total. The molecule has 2 heterocycles. The Hall–Kier alpha value is -2.38. The largest absolute Gasteiger partial charge is 0.337 e. The van der Waals surface area contributed by atoms with Crippen molar-refractivity contribution in [3.8, 4) is 0 Å². The van der Waals surface area contributed by atoms with E-state index in [2.05, 4.69) is 0 Å². The van der Waals surface area contributed by atoms with Crippen molar-refractivity contribution in [3.05, 3.63) is 92.3 Å². The molecule has 0 spiro atoms. The van der Waals surface area contributed by atoms with E-state index in [1.807, 2.05) is 73.5 Å². The highest BCUT2D eigenvalue weighted by Crippen LogP contribution is 2.51. The third-order valence-electron chi connectivity index (χ3n) is 5.08. The van der Waals surface area contributed by atoms with Gasteiger partial charge in [0.15, 0.2) is 5.17 Å². The van der Waals surface area contributed by atoms with Gasteiger partial charge in [-0.25, -0.2) is 4.99 Å². The number of hydrogen-bond acceptors (Lipinski definition) is 5. The first kappa shape index (κ1) is 21.5. The lowest BCUT2D eigenvalue weighted by Gasteiger charge is -2.17. The van der Waals surface area contributed by atoms with Gasteiger partial charge in [0, 0.05) is 22.0 Å². The fourth-order valence-corrected chi connectivity index (χ4v) is 6.14. The lowest BCUT2D eigenvalue weighted by molar-refractivity contribution is -0.113. The number of nitrogens with zero attached hydrogens (tertiary/aromatic N) is 3. The number of halogens is 2. The smallest absolute Gasteiger partial charge is 0.274 e. The van der Waals surface area contributed by atoms with Gasteiger partial charge in [0.2, 0.25) is 0 Å². The van der Waals surface area contributed by atoms with Crippen molar-refractivity contribution < 1.29 is 4.79 Å². The van der Waals surface area contributed by atoms with Crippen LogP contribution in [0.5, 0.6) is 0 Å². The molecule has 0 N–H and O–H groups in total. The summed E-state index contributed by atoms with van der Waals surface area (Å²) in [7, 11) is 1.96. The molecule has 8 heteroatoms. The molecule has 32 heavy (non-hydrogen) atoms. The van der Waals surface area contributed by atoms with Crippen LogP contribution in [0.25, 0.3) is 0 Å². The van der Waals surface area contributed by atoms with E-state index in [0.717, 1.165) is 32.6 Å². The van der Waals surface area contributed by atoms with Crippen molar-refractivity contribution in [2.24, 2.45) is 4.99 Å². The molecule has 2 aliphatic rings. The molecule has 160 valence electrons. The van der Waals surface area contributed by atoms with E-state index in [0.29, 0.717) is 20.1 Å². The maximum atomic E-state index is 13.7. The molecular formula is C24H17Cl2N3OS2. The zero-order valence-corrected chi connectivity index (χ0v) is 20.3. The van der Waals surface area contributed by atoms with Gasteiger partial charge in [-0.05, 0) is 78.8 Å². The Kier molecular flexibility index (Phi) is 5.72. The number of carbonyl (C=O) groups excluding carboxylic acids is 1. The van der Waals surface area contributed by atoms with Crippen molar-refractivity contribution in [1.82, 2.24) is 0 Å². The monoisotopic (exact) mass is 497 g/mol. The molecule has 2 aliphatic heterocycles. The van der Waals surface area contributed by atoms with Crippen LogP contribution in [0.15, 0.2) is 86.6 Å². The van der Waals surface area contributed by atoms with Gasteiger partial charge in [-0.2, -0.15) is 0 Å². The summed E-state index contributed by atoms with van der Waals surface area (Å²) in [5, 5.41) is 2.78. The van der Waals surface area contributed by atoms with Gasteiger partial charge in [0.1, 0.15) is 4.91 Å². The quantitative estimate of drug-likeness (QED) is 0.343. The summed E-state index contributed by atoms with van der Waals surface area (Å²) < 4.78 is 0. The Labute approximate surface area is 204 Å². The van der Waals surface area contributed by atoms with E-state index in [1.54, 1.807) is 28.8 Å². The summed E-state index contributed by atoms with van der Waals surface area (Å²) in [5.74, 6) is -0.0958. The van der Waals surface area contributed by atoms with Crippen LogP contribution >= 0.6 is 46.7 Å². The zero-order valence-electron chi connectivity index (χ0n) is 17.2. The van der Waals surface area contributed by atoms with Crippen molar-refractivity contribution in [1.29, 1.82) is 0 Å². The van der Waals surface area contributed by atoms with Crippen molar-refractivity contribution in [2.45, 2.75) is 11.8 Å². The molecule has 5 rings (SSSR count). The number of amidine groups is 1. The Morgan fingerprint density at radius 1 is 0.906 bits per heavy atom. The van der Waals surface area contributed by atoms with Gasteiger partial charge in [0.05, 0.1) is 22.1 Å². The van der Waals surface area contributed by atoms with Crippen molar-refractivity contribution in [2.75, 3.05) is 16.8 Å². The molecule has 0 bridgehead atoms. The first-order valence-electron chi connectivity index (χ1n) is 9.79. The molecule has 3 aromatic rings. The molecule has 0 aromatic heterocycles. The summed E-state index contributed by atoms with van der Waals surface area (Å²) in [6, 6.07) is 20.9. The maximum absolute atomic E-state index is 13.7. The van der Waals surface area contributed by atoms with E-state index < -0.39 is 0 Å². The third-order valence-corrected chi connectivity index (χ3v) is 7.96. The first-order valence-corrected chi connectivity index (χ1v) is 12.2. The average Bonchev–Trinajstić information content (AvgIpc) is 3.26. The minimum atomic E-state index is -0.0958. The molecule has 0 radical (unpaired) electrons. The molecule has 0 saturated carbocycles. The Morgan fingerprint density at radius 2 is 1.66 bits per heavy atom. The van der Waals surface area contributed by atoms with Crippen LogP contribution in [-0.2, 0) is 4.79 Å². The summed E-state index contributed by atoms with van der Waals surface area (Å²) in [5.41, 5.74) is 3.58. The number of hydrogen-bond donors (Lipinski definition) is 0. The van der Waals surface area contributed by atoms with Crippen LogP contribution in [0.4, 0.5) is 17.1 Å². The molecule has 3 aromatic carbocycles. The third kappa shape index (κ3) is 3.92.